The van der Waals surface area contributed by atoms with Crippen LogP contribution in [0.15, 0.2) is 42.9 Å². The Kier molecular flexibility index (Phi) is 13.1. The van der Waals surface area contributed by atoms with Crippen LogP contribution in [-0.2, 0) is 27.2 Å². The fourth-order valence-corrected chi connectivity index (χ4v) is 4.70. The molecule has 2 aliphatic rings. The minimum absolute atomic E-state index is 0.0602. The summed E-state index contributed by atoms with van der Waals surface area (Å²) < 4.78 is 63.5. The molecule has 0 saturated carbocycles. The number of carbonyl (C=O) groups excluding carboxylic acids is 2. The Morgan fingerprint density at radius 1 is 0.960 bits per heavy atom. The number of carboxylic acid groups (broad SMARTS) is 2. The predicted molar refractivity (Wildman–Crippen MR) is 166 cm³/mol. The van der Waals surface area contributed by atoms with E-state index in [0.717, 1.165) is 41.0 Å². The van der Waals surface area contributed by atoms with Crippen LogP contribution in [0.2, 0.25) is 5.02 Å². The molecule has 270 valence electrons. The summed E-state index contributed by atoms with van der Waals surface area (Å²) in [5.74, 6) is -4.55. The molecule has 6 bridgehead atoms. The number of benzene rings is 1. The number of anilines is 5. The second-order valence-electron chi connectivity index (χ2n) is 10.6. The minimum Gasteiger partial charge on any atom is -0.475 e. The Bertz CT molecular complexity index is 1690. The minimum atomic E-state index is -5.08. The zero-order valence-corrected chi connectivity index (χ0v) is 26.6. The standard InChI is InChI=1S/C25H27ClN8O2.2C2HF3O2/c1-27-25(36)34-7-6-16(14-34)9-22(35)32-21-5-4-18-10-17(21)3-2-15-8-19(12-28-11-15)31-24-29-13-20(26)23(30-18)33-24;2*3-2(4,5)1(6)7/h4-5,8,10-13,16H,2-3,6-7,9,14H2,1H3,(H,27,36)(H,32,35)(H2,29,30,31,33);2*(H,6,7). The maximum atomic E-state index is 12.9. The molecule has 3 amide bonds. The highest BCUT2D eigenvalue weighted by molar-refractivity contribution is 6.32. The number of aliphatic carboxylic acids is 2. The average molecular weight is 735 g/mol. The number of nitrogens with one attached hydrogen (secondary N) is 4. The highest BCUT2D eigenvalue weighted by Crippen LogP contribution is 2.30. The Morgan fingerprint density at radius 2 is 1.62 bits per heavy atom. The monoisotopic (exact) mass is 734 g/mol. The molecule has 2 aliphatic heterocycles. The molecule has 1 fully saturated rings. The first-order valence-electron chi connectivity index (χ1n) is 14.4. The number of amides is 3. The van der Waals surface area contributed by atoms with Gasteiger partial charge in [-0.25, -0.2) is 19.4 Å². The number of fused-ring (bicyclic) bond motifs is 6. The van der Waals surface area contributed by atoms with Crippen molar-refractivity contribution in [1.29, 1.82) is 0 Å². The van der Waals surface area contributed by atoms with Crippen molar-refractivity contribution < 1.29 is 55.7 Å². The molecule has 6 N–H and O–H groups in total. The zero-order chi connectivity index (χ0) is 37.2. The summed E-state index contributed by atoms with van der Waals surface area (Å²) in [4.78, 5) is 57.4. The lowest BCUT2D eigenvalue weighted by atomic mass is 10.0. The molecule has 1 aromatic carbocycles. The topological polar surface area (TPSA) is 199 Å². The van der Waals surface area contributed by atoms with Crippen LogP contribution in [0.5, 0.6) is 0 Å². The molecule has 1 unspecified atom stereocenters. The quantitative estimate of drug-likeness (QED) is 0.189. The van der Waals surface area contributed by atoms with Gasteiger partial charge in [-0.2, -0.15) is 31.3 Å². The van der Waals surface area contributed by atoms with E-state index in [4.69, 9.17) is 31.4 Å². The van der Waals surface area contributed by atoms with Gasteiger partial charge in [0.2, 0.25) is 11.9 Å². The van der Waals surface area contributed by atoms with Crippen LogP contribution in [0, 0.1) is 5.92 Å². The fraction of sp³-hybridized carbons (Fsp3) is 0.345. The first kappa shape index (κ1) is 39.0. The number of hydrogen-bond donors (Lipinski definition) is 6. The summed E-state index contributed by atoms with van der Waals surface area (Å²) in [6.45, 7) is 1.25. The lowest BCUT2D eigenvalue weighted by Crippen LogP contribution is -2.36. The van der Waals surface area contributed by atoms with Gasteiger partial charge in [0.25, 0.3) is 0 Å². The highest BCUT2D eigenvalue weighted by Gasteiger charge is 2.39. The van der Waals surface area contributed by atoms with Crippen LogP contribution in [0.1, 0.15) is 24.0 Å². The van der Waals surface area contributed by atoms with Gasteiger partial charge in [0.1, 0.15) is 5.02 Å². The lowest BCUT2D eigenvalue weighted by Gasteiger charge is -2.17. The second-order valence-corrected chi connectivity index (χ2v) is 11.0. The van der Waals surface area contributed by atoms with Crippen molar-refractivity contribution in [3.8, 4) is 0 Å². The van der Waals surface area contributed by atoms with Gasteiger partial charge in [-0.05, 0) is 60.6 Å². The third-order valence-electron chi connectivity index (χ3n) is 6.87. The number of aromatic nitrogens is 3. The summed E-state index contributed by atoms with van der Waals surface area (Å²) in [7, 11) is 1.62. The van der Waals surface area contributed by atoms with Crippen molar-refractivity contribution in [3.05, 3.63) is 59.0 Å². The molecule has 1 saturated heterocycles. The van der Waals surface area contributed by atoms with E-state index in [9.17, 15) is 35.9 Å². The molecular formula is C29H29ClF6N8O6. The molecule has 0 radical (unpaired) electrons. The van der Waals surface area contributed by atoms with Crippen LogP contribution in [0.4, 0.5) is 60.0 Å². The van der Waals surface area contributed by atoms with E-state index >= 15 is 0 Å². The van der Waals surface area contributed by atoms with Crippen molar-refractivity contribution in [2.75, 3.05) is 36.1 Å². The summed E-state index contributed by atoms with van der Waals surface area (Å²) in [5, 5.41) is 26.8. The molecule has 50 heavy (non-hydrogen) atoms. The highest BCUT2D eigenvalue weighted by atomic mass is 35.5. The van der Waals surface area contributed by atoms with Crippen LogP contribution in [0.25, 0.3) is 0 Å². The van der Waals surface area contributed by atoms with Crippen LogP contribution >= 0.6 is 11.6 Å². The van der Waals surface area contributed by atoms with Crippen molar-refractivity contribution in [1.82, 2.24) is 25.2 Å². The molecule has 2 aromatic heterocycles. The summed E-state index contributed by atoms with van der Waals surface area (Å²) >= 11 is 6.34. The van der Waals surface area contributed by atoms with Gasteiger partial charge in [-0.1, -0.05) is 11.6 Å². The van der Waals surface area contributed by atoms with E-state index in [-0.39, 0.29) is 17.9 Å². The number of carbonyl (C=O) groups is 4. The molecule has 0 spiro atoms. The zero-order valence-electron chi connectivity index (χ0n) is 25.8. The molecule has 1 atom stereocenters. The first-order valence-corrected chi connectivity index (χ1v) is 14.7. The van der Waals surface area contributed by atoms with Gasteiger partial charge in [0.05, 0.1) is 18.1 Å². The first-order chi connectivity index (χ1) is 23.3. The van der Waals surface area contributed by atoms with Crippen molar-refractivity contribution in [2.24, 2.45) is 5.92 Å². The van der Waals surface area contributed by atoms with E-state index in [0.29, 0.717) is 42.7 Å². The van der Waals surface area contributed by atoms with Gasteiger partial charge < -0.3 is 36.4 Å². The van der Waals surface area contributed by atoms with Crippen molar-refractivity contribution in [3.63, 3.8) is 0 Å². The number of urea groups is 1. The molecule has 3 aromatic rings. The van der Waals surface area contributed by atoms with Gasteiger partial charge >= 0.3 is 30.3 Å². The Balaban J connectivity index is 0.000000408. The third-order valence-corrected chi connectivity index (χ3v) is 7.14. The van der Waals surface area contributed by atoms with Gasteiger partial charge in [0.15, 0.2) is 5.82 Å². The van der Waals surface area contributed by atoms with E-state index in [1.807, 2.05) is 30.5 Å². The van der Waals surface area contributed by atoms with Gasteiger partial charge in [-0.15, -0.1) is 0 Å². The molecule has 14 nitrogen and oxygen atoms in total. The largest absolute Gasteiger partial charge is 0.490 e. The summed E-state index contributed by atoms with van der Waals surface area (Å²) in [6, 6.07) is 7.69. The number of aryl methyl sites for hydroxylation is 2. The van der Waals surface area contributed by atoms with E-state index in [2.05, 4.69) is 36.2 Å². The number of halogens is 7. The van der Waals surface area contributed by atoms with Crippen molar-refractivity contribution >= 4 is 64.3 Å². The summed E-state index contributed by atoms with van der Waals surface area (Å²) in [6.07, 6.45) is -2.47. The number of pyridine rings is 1. The van der Waals surface area contributed by atoms with Crippen LogP contribution in [0.3, 0.4) is 0 Å². The molecule has 21 heteroatoms. The van der Waals surface area contributed by atoms with Gasteiger partial charge in [-0.3, -0.25) is 9.78 Å². The van der Waals surface area contributed by atoms with Crippen molar-refractivity contribution in [2.45, 2.75) is 38.0 Å². The maximum Gasteiger partial charge on any atom is 0.490 e. The smallest absolute Gasteiger partial charge is 0.475 e. The number of hydrogen-bond acceptors (Lipinski definition) is 9. The van der Waals surface area contributed by atoms with E-state index in [1.165, 1.54) is 0 Å². The number of nitrogens with zero attached hydrogens (tertiary/aromatic N) is 4. The second kappa shape index (κ2) is 16.8. The Labute approximate surface area is 284 Å². The lowest BCUT2D eigenvalue weighted by molar-refractivity contribution is -0.193. The molecular weight excluding hydrogens is 706 g/mol. The summed E-state index contributed by atoms with van der Waals surface area (Å²) in [5.41, 5.74) is 4.37. The molecule has 0 aliphatic carbocycles. The number of alkyl halides is 6. The Hall–Kier alpha value is -5.40. The third kappa shape index (κ3) is 11.9. The van der Waals surface area contributed by atoms with Crippen LogP contribution in [-0.4, -0.2) is 86.4 Å². The number of carboxylic acids is 2. The Morgan fingerprint density at radius 3 is 2.24 bits per heavy atom. The molecule has 4 heterocycles. The van der Waals surface area contributed by atoms with E-state index in [1.54, 1.807) is 24.3 Å². The molecule has 5 rings (SSSR count). The number of rotatable bonds is 3. The normalized spacial score (nSPS) is 15.0. The fourth-order valence-electron chi connectivity index (χ4n) is 4.56. The number of likely N-dealkylation sites (tertiary alicyclic amines) is 1. The SMILES string of the molecule is CNC(=O)N1CCC(CC(=O)Nc2ccc3cc2CCc2cncc(c2)Nc2ncc(Cl)c(n2)N3)C1.O=C(O)C(F)(F)F.O=C(O)C(F)(F)F. The van der Waals surface area contributed by atoms with Gasteiger partial charge in [0, 0.05) is 44.1 Å². The van der Waals surface area contributed by atoms with E-state index < -0.39 is 24.3 Å². The van der Waals surface area contributed by atoms with Crippen LogP contribution < -0.4 is 21.3 Å². The average Bonchev–Trinajstić information content (AvgIpc) is 3.50. The predicted octanol–water partition coefficient (Wildman–Crippen LogP) is 5.37. The maximum absolute atomic E-state index is 12.9.